The number of aryl methyl sites for hydroxylation is 1. The maximum atomic E-state index is 13.2. The molecule has 0 heterocycles. The van der Waals surface area contributed by atoms with E-state index in [1.54, 1.807) is 42.5 Å². The van der Waals surface area contributed by atoms with Crippen LogP contribution in [0.4, 0.5) is 29.3 Å². The van der Waals surface area contributed by atoms with E-state index in [9.17, 15) is 22.8 Å². The standard InChI is InChI=1S/C24H21ClF3N3O2/c1-16-4-2-6-20(14-16)30-23(33)31(21-7-3-5-18(15-21)24(26,27)28)13-12-29-22(32)17-8-10-19(25)11-9-17/h2-11,14-15H,12-13H2,1H3,(H,29,32)(H,30,33). The minimum absolute atomic E-state index is 0.0128. The first-order valence-corrected chi connectivity index (χ1v) is 10.4. The number of benzene rings is 3. The predicted octanol–water partition coefficient (Wildman–Crippen LogP) is 6.14. The molecule has 0 aliphatic rings. The Morgan fingerprint density at radius 3 is 2.33 bits per heavy atom. The summed E-state index contributed by atoms with van der Waals surface area (Å²) in [5.74, 6) is -0.394. The lowest BCUT2D eigenvalue weighted by molar-refractivity contribution is -0.137. The molecule has 0 unspecified atom stereocenters. The molecule has 172 valence electrons. The molecular weight excluding hydrogens is 455 g/mol. The molecule has 9 heteroatoms. The zero-order valence-corrected chi connectivity index (χ0v) is 18.4. The molecule has 0 aromatic heterocycles. The zero-order chi connectivity index (χ0) is 24.0. The predicted molar refractivity (Wildman–Crippen MR) is 123 cm³/mol. The first-order valence-electron chi connectivity index (χ1n) is 10.00. The summed E-state index contributed by atoms with van der Waals surface area (Å²) in [5, 5.41) is 5.84. The van der Waals surface area contributed by atoms with E-state index in [4.69, 9.17) is 11.6 Å². The van der Waals surface area contributed by atoms with Crippen LogP contribution in [0.1, 0.15) is 21.5 Å². The van der Waals surface area contributed by atoms with Gasteiger partial charge in [0.15, 0.2) is 0 Å². The van der Waals surface area contributed by atoms with Gasteiger partial charge in [-0.1, -0.05) is 29.8 Å². The third-order valence-electron chi connectivity index (χ3n) is 4.73. The monoisotopic (exact) mass is 475 g/mol. The molecule has 0 radical (unpaired) electrons. The average Bonchev–Trinajstić information content (AvgIpc) is 2.76. The molecule has 0 fully saturated rings. The highest BCUT2D eigenvalue weighted by molar-refractivity contribution is 6.30. The van der Waals surface area contributed by atoms with Crippen LogP contribution >= 0.6 is 11.6 Å². The largest absolute Gasteiger partial charge is 0.416 e. The minimum Gasteiger partial charge on any atom is -0.350 e. The number of nitrogens with zero attached hydrogens (tertiary/aromatic N) is 1. The van der Waals surface area contributed by atoms with Gasteiger partial charge in [0, 0.05) is 35.1 Å². The summed E-state index contributed by atoms with van der Waals surface area (Å²) in [6, 6.07) is 17.1. The Hall–Kier alpha value is -3.52. The van der Waals surface area contributed by atoms with Gasteiger partial charge < -0.3 is 10.6 Å². The van der Waals surface area contributed by atoms with E-state index in [1.807, 2.05) is 13.0 Å². The van der Waals surface area contributed by atoms with Crippen LogP contribution in [0.25, 0.3) is 0 Å². The van der Waals surface area contributed by atoms with E-state index < -0.39 is 23.7 Å². The van der Waals surface area contributed by atoms with Crippen LogP contribution in [-0.2, 0) is 6.18 Å². The van der Waals surface area contributed by atoms with Crippen molar-refractivity contribution >= 4 is 34.9 Å². The molecule has 0 bridgehead atoms. The summed E-state index contributed by atoms with van der Waals surface area (Å²) < 4.78 is 39.6. The van der Waals surface area contributed by atoms with Gasteiger partial charge in [-0.15, -0.1) is 0 Å². The van der Waals surface area contributed by atoms with Gasteiger partial charge in [-0.2, -0.15) is 13.2 Å². The molecule has 0 saturated carbocycles. The van der Waals surface area contributed by atoms with Gasteiger partial charge >= 0.3 is 12.2 Å². The number of halogens is 4. The number of anilines is 2. The maximum absolute atomic E-state index is 13.2. The Bertz CT molecular complexity index is 1130. The van der Waals surface area contributed by atoms with Crippen molar-refractivity contribution in [3.63, 3.8) is 0 Å². The lowest BCUT2D eigenvalue weighted by atomic mass is 10.1. The quantitative estimate of drug-likeness (QED) is 0.450. The number of nitrogens with one attached hydrogen (secondary N) is 2. The lowest BCUT2D eigenvalue weighted by Crippen LogP contribution is -2.41. The maximum Gasteiger partial charge on any atom is 0.416 e. The molecule has 0 spiro atoms. The van der Waals surface area contributed by atoms with Crippen LogP contribution in [0.15, 0.2) is 72.8 Å². The number of rotatable bonds is 6. The number of hydrogen-bond donors (Lipinski definition) is 2. The fourth-order valence-electron chi connectivity index (χ4n) is 3.10. The van der Waals surface area contributed by atoms with Crippen molar-refractivity contribution in [1.82, 2.24) is 5.32 Å². The van der Waals surface area contributed by atoms with Crippen LogP contribution in [0.3, 0.4) is 0 Å². The van der Waals surface area contributed by atoms with Gasteiger partial charge in [-0.3, -0.25) is 9.69 Å². The first-order chi connectivity index (χ1) is 15.6. The molecule has 0 atom stereocenters. The topological polar surface area (TPSA) is 61.4 Å². The summed E-state index contributed by atoms with van der Waals surface area (Å²) in [6.07, 6.45) is -4.56. The summed E-state index contributed by atoms with van der Waals surface area (Å²) in [5.41, 5.74) is 0.958. The van der Waals surface area contributed by atoms with Crippen molar-refractivity contribution in [3.05, 3.63) is 94.5 Å². The number of amides is 3. The zero-order valence-electron chi connectivity index (χ0n) is 17.6. The number of hydrogen-bond acceptors (Lipinski definition) is 2. The van der Waals surface area contributed by atoms with Gasteiger partial charge in [0.2, 0.25) is 0 Å². The third kappa shape index (κ3) is 6.73. The summed E-state index contributed by atoms with van der Waals surface area (Å²) in [7, 11) is 0. The van der Waals surface area contributed by atoms with Crippen LogP contribution in [-0.4, -0.2) is 25.0 Å². The summed E-state index contributed by atoms with van der Waals surface area (Å²) in [6.45, 7) is 1.81. The Labute approximate surface area is 194 Å². The second kappa shape index (κ2) is 10.4. The molecule has 0 saturated heterocycles. The van der Waals surface area contributed by atoms with Crippen molar-refractivity contribution in [1.29, 1.82) is 0 Å². The van der Waals surface area contributed by atoms with Gasteiger partial charge in [0.05, 0.1) is 5.56 Å². The second-order valence-corrected chi connectivity index (χ2v) is 7.70. The van der Waals surface area contributed by atoms with Crippen LogP contribution in [0.2, 0.25) is 5.02 Å². The highest BCUT2D eigenvalue weighted by Gasteiger charge is 2.31. The van der Waals surface area contributed by atoms with Crippen molar-refractivity contribution in [3.8, 4) is 0 Å². The highest BCUT2D eigenvalue weighted by Crippen LogP contribution is 2.31. The van der Waals surface area contributed by atoms with Gasteiger partial charge in [0.1, 0.15) is 0 Å². The van der Waals surface area contributed by atoms with E-state index in [0.717, 1.165) is 22.6 Å². The van der Waals surface area contributed by atoms with E-state index in [-0.39, 0.29) is 18.8 Å². The smallest absolute Gasteiger partial charge is 0.350 e. The highest BCUT2D eigenvalue weighted by atomic mass is 35.5. The van der Waals surface area contributed by atoms with Crippen molar-refractivity contribution < 1.29 is 22.8 Å². The average molecular weight is 476 g/mol. The lowest BCUT2D eigenvalue weighted by Gasteiger charge is -2.24. The molecule has 5 nitrogen and oxygen atoms in total. The molecule has 3 aromatic carbocycles. The third-order valence-corrected chi connectivity index (χ3v) is 4.98. The molecule has 0 aliphatic carbocycles. The van der Waals surface area contributed by atoms with Crippen LogP contribution < -0.4 is 15.5 Å². The Morgan fingerprint density at radius 2 is 1.67 bits per heavy atom. The van der Waals surface area contributed by atoms with Gasteiger partial charge in [-0.05, 0) is 67.1 Å². The van der Waals surface area contributed by atoms with Crippen LogP contribution in [0.5, 0.6) is 0 Å². The molecular formula is C24H21ClF3N3O2. The minimum atomic E-state index is -4.56. The molecule has 3 rings (SSSR count). The number of urea groups is 1. The van der Waals surface area contributed by atoms with Crippen molar-refractivity contribution in [2.24, 2.45) is 0 Å². The summed E-state index contributed by atoms with van der Waals surface area (Å²) >= 11 is 5.82. The van der Waals surface area contributed by atoms with E-state index in [2.05, 4.69) is 10.6 Å². The fourth-order valence-corrected chi connectivity index (χ4v) is 3.22. The normalized spacial score (nSPS) is 11.1. The number of carbonyl (C=O) groups excluding carboxylic acids is 2. The summed E-state index contributed by atoms with van der Waals surface area (Å²) in [4.78, 5) is 26.5. The van der Waals surface area contributed by atoms with Crippen molar-refractivity contribution in [2.75, 3.05) is 23.3 Å². The molecule has 2 N–H and O–H groups in total. The fraction of sp³-hybridized carbons (Fsp3) is 0.167. The first kappa shape index (κ1) is 24.1. The Balaban J connectivity index is 1.78. The molecule has 3 aromatic rings. The molecule has 0 aliphatic heterocycles. The number of carbonyl (C=O) groups is 2. The van der Waals surface area contributed by atoms with Gasteiger partial charge in [0.25, 0.3) is 5.91 Å². The number of alkyl halides is 3. The Kier molecular flexibility index (Phi) is 7.60. The van der Waals surface area contributed by atoms with E-state index in [1.165, 1.54) is 12.1 Å². The van der Waals surface area contributed by atoms with Crippen molar-refractivity contribution in [2.45, 2.75) is 13.1 Å². The second-order valence-electron chi connectivity index (χ2n) is 7.26. The SMILES string of the molecule is Cc1cccc(NC(=O)N(CCNC(=O)c2ccc(Cl)cc2)c2cccc(C(F)(F)F)c2)c1. The molecule has 33 heavy (non-hydrogen) atoms. The van der Waals surface area contributed by atoms with E-state index >= 15 is 0 Å². The van der Waals surface area contributed by atoms with Crippen LogP contribution in [0, 0.1) is 6.92 Å². The molecule has 3 amide bonds. The van der Waals surface area contributed by atoms with Gasteiger partial charge in [-0.25, -0.2) is 4.79 Å². The van der Waals surface area contributed by atoms with E-state index in [0.29, 0.717) is 16.3 Å². The Morgan fingerprint density at radius 1 is 0.970 bits per heavy atom.